The van der Waals surface area contributed by atoms with Gasteiger partial charge in [0.15, 0.2) is 0 Å². The lowest BCUT2D eigenvalue weighted by Gasteiger charge is -2.34. The maximum absolute atomic E-state index is 14.1. The van der Waals surface area contributed by atoms with Crippen LogP contribution in [0.15, 0.2) is 42.5 Å². The highest BCUT2D eigenvalue weighted by Crippen LogP contribution is 2.49. The van der Waals surface area contributed by atoms with Crippen molar-refractivity contribution in [1.82, 2.24) is 4.90 Å². The molecule has 5 heteroatoms. The zero-order valence-corrected chi connectivity index (χ0v) is 17.6. The Hall–Kier alpha value is -1.79. The highest BCUT2D eigenvalue weighted by molar-refractivity contribution is 5.45. The molecule has 30 heavy (non-hydrogen) atoms. The van der Waals surface area contributed by atoms with Gasteiger partial charge >= 0.3 is 0 Å². The predicted octanol–water partition coefficient (Wildman–Crippen LogP) is 4.08. The summed E-state index contributed by atoms with van der Waals surface area (Å²) in [6.45, 7) is 4.22. The molecular weight excluding hydrogens is 381 g/mol. The van der Waals surface area contributed by atoms with E-state index >= 15 is 0 Å². The third-order valence-electron chi connectivity index (χ3n) is 6.80. The first-order chi connectivity index (χ1) is 14.7. The van der Waals surface area contributed by atoms with Crippen LogP contribution in [0.25, 0.3) is 0 Å². The molecule has 1 unspecified atom stereocenters. The monoisotopic (exact) mass is 411 g/mol. The molecule has 3 aliphatic rings. The lowest BCUT2D eigenvalue weighted by molar-refractivity contribution is -0.0586. The van der Waals surface area contributed by atoms with E-state index in [1.165, 1.54) is 16.7 Å². The van der Waals surface area contributed by atoms with E-state index in [1.54, 1.807) is 19.2 Å². The van der Waals surface area contributed by atoms with E-state index in [9.17, 15) is 4.39 Å². The van der Waals surface area contributed by atoms with Crippen molar-refractivity contribution in [2.24, 2.45) is 0 Å². The minimum Gasteiger partial charge on any atom is -0.385 e. The summed E-state index contributed by atoms with van der Waals surface area (Å²) in [5.41, 5.74) is 4.91. The van der Waals surface area contributed by atoms with Crippen LogP contribution in [0.3, 0.4) is 0 Å². The minimum absolute atomic E-state index is 0.0744. The van der Waals surface area contributed by atoms with Crippen molar-refractivity contribution in [2.45, 2.75) is 43.5 Å². The molecule has 0 radical (unpaired) electrons. The molecule has 2 heterocycles. The van der Waals surface area contributed by atoms with Crippen LogP contribution in [-0.2, 0) is 20.6 Å². The van der Waals surface area contributed by atoms with E-state index in [2.05, 4.69) is 29.2 Å². The third-order valence-corrected chi connectivity index (χ3v) is 6.80. The topological polar surface area (TPSA) is 30.9 Å². The Bertz CT molecular complexity index is 888. The fourth-order valence-corrected chi connectivity index (χ4v) is 5.37. The van der Waals surface area contributed by atoms with Crippen LogP contribution in [0.5, 0.6) is 0 Å². The van der Waals surface area contributed by atoms with Crippen LogP contribution in [0, 0.1) is 5.82 Å². The average Bonchev–Trinajstić information content (AvgIpc) is 3.12. The summed E-state index contributed by atoms with van der Waals surface area (Å²) in [6.07, 6.45) is 3.03. The van der Waals surface area contributed by atoms with Crippen molar-refractivity contribution in [3.8, 4) is 0 Å². The van der Waals surface area contributed by atoms with Crippen molar-refractivity contribution in [1.29, 1.82) is 0 Å². The number of morpholine rings is 1. The maximum atomic E-state index is 14.1. The van der Waals surface area contributed by atoms with Crippen molar-refractivity contribution < 1.29 is 18.6 Å². The number of hydrogen-bond acceptors (Lipinski definition) is 4. The maximum Gasteiger partial charge on any atom is 0.123 e. The van der Waals surface area contributed by atoms with Gasteiger partial charge in [-0.15, -0.1) is 0 Å². The normalized spacial score (nSPS) is 28.5. The number of methoxy groups -OCH3 is 1. The molecule has 160 valence electrons. The summed E-state index contributed by atoms with van der Waals surface area (Å²) in [7, 11) is 1.73. The fourth-order valence-electron chi connectivity index (χ4n) is 5.37. The number of fused-ring (bicyclic) bond motifs is 5. The molecule has 2 aromatic carbocycles. The summed E-state index contributed by atoms with van der Waals surface area (Å²) >= 11 is 0. The number of rotatable bonds is 5. The van der Waals surface area contributed by atoms with Crippen molar-refractivity contribution in [3.63, 3.8) is 0 Å². The first-order valence-corrected chi connectivity index (χ1v) is 11.1. The Kier molecular flexibility index (Phi) is 5.87. The summed E-state index contributed by atoms with van der Waals surface area (Å²) in [6, 6.07) is 13.9. The smallest absolute Gasteiger partial charge is 0.123 e. The van der Waals surface area contributed by atoms with Gasteiger partial charge in [0.2, 0.25) is 0 Å². The summed E-state index contributed by atoms with van der Waals surface area (Å²) in [5.74, 6) is 0.0965. The van der Waals surface area contributed by atoms with Crippen molar-refractivity contribution >= 4 is 0 Å². The van der Waals surface area contributed by atoms with Crippen LogP contribution in [0.4, 0.5) is 4.39 Å². The van der Waals surface area contributed by atoms with Crippen LogP contribution < -0.4 is 0 Å². The molecule has 2 aromatic rings. The molecule has 4 nitrogen and oxygen atoms in total. The number of hydrogen-bond donors (Lipinski definition) is 0. The number of benzene rings is 2. The van der Waals surface area contributed by atoms with Crippen LogP contribution in [0.1, 0.15) is 47.1 Å². The quantitative estimate of drug-likeness (QED) is 0.742. The Morgan fingerprint density at radius 2 is 1.97 bits per heavy atom. The second-order valence-electron chi connectivity index (χ2n) is 8.77. The minimum atomic E-state index is -0.181. The van der Waals surface area contributed by atoms with E-state index in [-0.39, 0.29) is 30.0 Å². The largest absolute Gasteiger partial charge is 0.385 e. The number of ether oxygens (including phenoxy) is 3. The van der Waals surface area contributed by atoms with Gasteiger partial charge in [-0.3, -0.25) is 4.90 Å². The molecule has 0 saturated carbocycles. The zero-order chi connectivity index (χ0) is 20.5. The Balaban J connectivity index is 1.36. The van der Waals surface area contributed by atoms with Gasteiger partial charge in [0.25, 0.3) is 0 Å². The molecule has 0 N–H and O–H groups in total. The lowest BCUT2D eigenvalue weighted by atomic mass is 9.87. The van der Waals surface area contributed by atoms with Crippen LogP contribution in [0.2, 0.25) is 0 Å². The van der Waals surface area contributed by atoms with E-state index < -0.39 is 0 Å². The zero-order valence-electron chi connectivity index (χ0n) is 17.6. The predicted molar refractivity (Wildman–Crippen MR) is 113 cm³/mol. The number of halogens is 1. The first-order valence-electron chi connectivity index (χ1n) is 11.1. The molecule has 1 aliphatic carbocycles. The van der Waals surface area contributed by atoms with Crippen LogP contribution >= 0.6 is 0 Å². The first kappa shape index (κ1) is 20.1. The second kappa shape index (κ2) is 8.75. The standard InChI is InChI=1S/C25H30FNO3/c1-28-10-8-20-15-27(9-11-29-20)16-21-14-24-22-5-3-2-4-17(22)12-18-6-7-19(26)13-23(18)25(24)30-21/h2-7,13,20-21,24-25H,8-12,14-16H2,1H3/t20?,21-,24+,25-/m0/s1. The van der Waals surface area contributed by atoms with Gasteiger partial charge in [0.1, 0.15) is 5.82 Å². The molecule has 2 saturated heterocycles. The van der Waals surface area contributed by atoms with Gasteiger partial charge in [0, 0.05) is 39.3 Å². The SMILES string of the molecule is COCCC1CN(C[C@@H]2C[C@@H]3c4ccccc4Cc4ccc(F)cc4[C@@H]3O2)CCO1. The Labute approximate surface area is 177 Å². The molecule has 2 aliphatic heterocycles. The molecule has 5 rings (SSSR count). The highest BCUT2D eigenvalue weighted by atomic mass is 19.1. The van der Waals surface area contributed by atoms with Crippen LogP contribution in [-0.4, -0.2) is 57.1 Å². The van der Waals surface area contributed by atoms with E-state index in [0.717, 1.165) is 57.7 Å². The van der Waals surface area contributed by atoms with Crippen molar-refractivity contribution in [2.75, 3.05) is 40.0 Å². The third kappa shape index (κ3) is 4.04. The second-order valence-corrected chi connectivity index (χ2v) is 8.77. The molecular formula is C25H30FNO3. The lowest BCUT2D eigenvalue weighted by Crippen LogP contribution is -2.45. The molecule has 0 amide bonds. The molecule has 0 spiro atoms. The summed E-state index contributed by atoms with van der Waals surface area (Å²) < 4.78 is 31.9. The van der Waals surface area contributed by atoms with Gasteiger partial charge in [-0.25, -0.2) is 4.39 Å². The van der Waals surface area contributed by atoms with Gasteiger partial charge < -0.3 is 14.2 Å². The van der Waals surface area contributed by atoms with E-state index in [1.807, 2.05) is 6.07 Å². The number of nitrogens with zero attached hydrogens (tertiary/aromatic N) is 1. The molecule has 4 atom stereocenters. The average molecular weight is 412 g/mol. The molecule has 0 aromatic heterocycles. The van der Waals surface area contributed by atoms with Gasteiger partial charge in [-0.05, 0) is 53.6 Å². The fraction of sp³-hybridized carbons (Fsp3) is 0.520. The Morgan fingerprint density at radius 3 is 2.87 bits per heavy atom. The summed E-state index contributed by atoms with van der Waals surface area (Å²) in [5, 5.41) is 0. The van der Waals surface area contributed by atoms with Crippen molar-refractivity contribution in [3.05, 3.63) is 70.5 Å². The molecule has 0 bridgehead atoms. The summed E-state index contributed by atoms with van der Waals surface area (Å²) in [4.78, 5) is 2.46. The van der Waals surface area contributed by atoms with E-state index in [4.69, 9.17) is 14.2 Å². The van der Waals surface area contributed by atoms with Gasteiger partial charge in [-0.2, -0.15) is 0 Å². The Morgan fingerprint density at radius 1 is 1.10 bits per heavy atom. The molecule has 2 fully saturated rings. The van der Waals surface area contributed by atoms with Gasteiger partial charge in [-0.1, -0.05) is 30.3 Å². The highest BCUT2D eigenvalue weighted by Gasteiger charge is 2.41. The van der Waals surface area contributed by atoms with E-state index in [0.29, 0.717) is 0 Å². The van der Waals surface area contributed by atoms with Gasteiger partial charge in [0.05, 0.1) is 24.9 Å².